The predicted molar refractivity (Wildman–Crippen MR) is 114 cm³/mol. The van der Waals surface area contributed by atoms with Gasteiger partial charge in [-0.25, -0.2) is 0 Å². The molecule has 0 N–H and O–H groups in total. The van der Waals surface area contributed by atoms with Gasteiger partial charge in [0.05, 0.1) is 12.0 Å². The summed E-state index contributed by atoms with van der Waals surface area (Å²) in [5, 5.41) is 0.150. The molecule has 1 amide bonds. The van der Waals surface area contributed by atoms with Crippen molar-refractivity contribution in [2.45, 2.75) is 104 Å². The van der Waals surface area contributed by atoms with E-state index >= 15 is 0 Å². The fourth-order valence-corrected chi connectivity index (χ4v) is 7.37. The molecule has 6 heteroatoms. The second-order valence-electron chi connectivity index (χ2n) is 11.1. The van der Waals surface area contributed by atoms with Crippen LogP contribution < -0.4 is 0 Å². The minimum atomic E-state index is -2.03. The molecule has 152 valence electrons. The Morgan fingerprint density at radius 1 is 1.00 bits per heavy atom. The van der Waals surface area contributed by atoms with Gasteiger partial charge in [-0.05, 0) is 30.1 Å². The molecule has 26 heavy (non-hydrogen) atoms. The fraction of sp³-hybridized carbons (Fsp3) is 0.900. The second-order valence-corrected chi connectivity index (χ2v) is 21.0. The van der Waals surface area contributed by atoms with Gasteiger partial charge in [-0.2, -0.15) is 0 Å². The first-order valence-corrected chi connectivity index (χ1v) is 15.7. The quantitative estimate of drug-likeness (QED) is 0.356. The molecule has 0 aromatic rings. The highest BCUT2D eigenvalue weighted by Crippen LogP contribution is 2.48. The van der Waals surface area contributed by atoms with Gasteiger partial charge < -0.3 is 13.8 Å². The fourth-order valence-electron chi connectivity index (χ4n) is 3.38. The molecule has 4 nitrogen and oxygen atoms in total. The molecule has 0 bridgehead atoms. The Kier molecular flexibility index (Phi) is 6.50. The molecule has 1 aliphatic rings. The van der Waals surface area contributed by atoms with Gasteiger partial charge in [0.15, 0.2) is 16.6 Å². The highest BCUT2D eigenvalue weighted by Gasteiger charge is 2.60. The van der Waals surface area contributed by atoms with Crippen molar-refractivity contribution in [3.05, 3.63) is 0 Å². The van der Waals surface area contributed by atoms with Crippen molar-refractivity contribution in [3.8, 4) is 0 Å². The van der Waals surface area contributed by atoms with Crippen molar-refractivity contribution < 1.29 is 14.0 Å². The lowest BCUT2D eigenvalue weighted by atomic mass is 9.79. The number of β-lactam (4-membered cyclic amide) rings is 1. The number of nitrogens with zero attached hydrogens (tertiary/aromatic N) is 1. The lowest BCUT2D eigenvalue weighted by Crippen LogP contribution is -2.76. The highest BCUT2D eigenvalue weighted by atomic mass is 28.4. The first-order valence-electron chi connectivity index (χ1n) is 9.86. The molecule has 0 aliphatic carbocycles. The Morgan fingerprint density at radius 2 is 1.46 bits per heavy atom. The third-order valence-electron chi connectivity index (χ3n) is 7.17. The highest BCUT2D eigenvalue weighted by molar-refractivity contribution is 6.80. The summed E-state index contributed by atoms with van der Waals surface area (Å²) < 4.78 is 8.62. The molecule has 1 rings (SSSR count). The summed E-state index contributed by atoms with van der Waals surface area (Å²) in [6.45, 7) is 26.1. The number of carbonyl (C=O) groups is 2. The number of aldehydes is 1. The van der Waals surface area contributed by atoms with Crippen molar-refractivity contribution in [1.82, 2.24) is 4.57 Å². The summed E-state index contributed by atoms with van der Waals surface area (Å²) in [6, 6.07) is -0.0411. The maximum Gasteiger partial charge on any atom is 0.222 e. The third kappa shape index (κ3) is 4.02. The van der Waals surface area contributed by atoms with Crippen LogP contribution >= 0.6 is 0 Å². The van der Waals surface area contributed by atoms with Crippen LogP contribution in [0.25, 0.3) is 0 Å². The van der Waals surface area contributed by atoms with Crippen LogP contribution in [-0.4, -0.2) is 45.5 Å². The summed E-state index contributed by atoms with van der Waals surface area (Å²) in [5.41, 5.74) is 0. The number of amides is 1. The van der Waals surface area contributed by atoms with E-state index in [9.17, 15) is 9.59 Å². The van der Waals surface area contributed by atoms with Crippen LogP contribution in [-0.2, 0) is 14.0 Å². The van der Waals surface area contributed by atoms with Gasteiger partial charge in [0.2, 0.25) is 5.91 Å². The van der Waals surface area contributed by atoms with Gasteiger partial charge in [0, 0.05) is 12.0 Å². The van der Waals surface area contributed by atoms with E-state index in [1.165, 1.54) is 0 Å². The molecule has 0 aromatic carbocycles. The summed E-state index contributed by atoms with van der Waals surface area (Å²) in [5.74, 6) is -0.197. The average Bonchev–Trinajstić information content (AvgIpc) is 2.40. The average molecular weight is 400 g/mol. The second kappa shape index (κ2) is 7.17. The van der Waals surface area contributed by atoms with Crippen molar-refractivity contribution in [1.29, 1.82) is 0 Å². The Morgan fingerprint density at radius 3 is 1.81 bits per heavy atom. The smallest absolute Gasteiger partial charge is 0.222 e. The molecule has 1 heterocycles. The number of rotatable bonds is 6. The molecular formula is C20H41NO3Si2. The van der Waals surface area contributed by atoms with Crippen molar-refractivity contribution in [2.75, 3.05) is 0 Å². The molecular weight excluding hydrogens is 358 g/mol. The molecule has 0 radical (unpaired) electrons. The van der Waals surface area contributed by atoms with Crippen LogP contribution in [0.15, 0.2) is 0 Å². The van der Waals surface area contributed by atoms with Crippen molar-refractivity contribution in [2.24, 2.45) is 11.8 Å². The van der Waals surface area contributed by atoms with E-state index in [-0.39, 0.29) is 40.0 Å². The maximum absolute atomic E-state index is 13.2. The van der Waals surface area contributed by atoms with Crippen LogP contribution in [0.1, 0.15) is 55.4 Å². The topological polar surface area (TPSA) is 46.6 Å². The van der Waals surface area contributed by atoms with Gasteiger partial charge in [0.25, 0.3) is 0 Å². The van der Waals surface area contributed by atoms with E-state index in [0.717, 1.165) is 6.29 Å². The molecule has 0 aromatic heterocycles. The molecule has 0 saturated carbocycles. The van der Waals surface area contributed by atoms with Gasteiger partial charge in [-0.1, -0.05) is 61.6 Å². The number of hydrogen-bond donors (Lipinski definition) is 0. The van der Waals surface area contributed by atoms with Crippen molar-refractivity contribution >= 4 is 28.7 Å². The lowest BCUT2D eigenvalue weighted by Gasteiger charge is -2.61. The zero-order valence-electron chi connectivity index (χ0n) is 19.1. The van der Waals surface area contributed by atoms with E-state index in [1.54, 1.807) is 0 Å². The SMILES string of the molecule is C[C@@H](C=O)[C@H]1[C@@H]([C@@H](C)O[Si](C)(C)C(C)(C)C)C(=O)N1[Si](C)(C)C(C)(C)C. The zero-order valence-corrected chi connectivity index (χ0v) is 21.1. The summed E-state index contributed by atoms with van der Waals surface area (Å²) in [7, 11) is -4.00. The van der Waals surface area contributed by atoms with Gasteiger partial charge in [-0.3, -0.25) is 4.79 Å². The van der Waals surface area contributed by atoms with Crippen molar-refractivity contribution in [3.63, 3.8) is 0 Å². The van der Waals surface area contributed by atoms with E-state index in [1.807, 2.05) is 13.8 Å². The molecule has 1 saturated heterocycles. The first kappa shape index (κ1) is 23.6. The number of hydrogen-bond acceptors (Lipinski definition) is 3. The minimum absolute atomic E-state index is 0.0411. The van der Waals surface area contributed by atoms with Gasteiger partial charge in [-0.15, -0.1) is 0 Å². The molecule has 0 unspecified atom stereocenters. The maximum atomic E-state index is 13.2. The summed E-state index contributed by atoms with van der Waals surface area (Å²) in [6.07, 6.45) is 0.848. The van der Waals surface area contributed by atoms with E-state index in [0.29, 0.717) is 0 Å². The molecule has 1 aliphatic heterocycles. The predicted octanol–water partition coefficient (Wildman–Crippen LogP) is 5.06. The summed E-state index contributed by atoms with van der Waals surface area (Å²) in [4.78, 5) is 24.9. The Hall–Kier alpha value is -0.466. The largest absolute Gasteiger partial charge is 0.413 e. The van der Waals surface area contributed by atoms with Crippen LogP contribution in [0.4, 0.5) is 0 Å². The molecule has 4 atom stereocenters. The monoisotopic (exact) mass is 399 g/mol. The Bertz CT molecular complexity index is 546. The van der Waals surface area contributed by atoms with Crippen LogP contribution in [0.3, 0.4) is 0 Å². The molecule has 0 spiro atoms. The standard InChI is InChI=1S/C20H41NO3Si2/c1-14(13-22)17-16(15(2)24-26(11,12)20(6,7)8)18(23)21(17)25(9,10)19(3,4)5/h13-17H,1-12H3/t14-,15+,16+,17-/m0/s1. The third-order valence-corrected chi connectivity index (χ3v) is 17.1. The van der Waals surface area contributed by atoms with Gasteiger partial charge >= 0.3 is 0 Å². The first-order chi connectivity index (χ1) is 11.4. The van der Waals surface area contributed by atoms with E-state index < -0.39 is 16.6 Å². The van der Waals surface area contributed by atoms with Gasteiger partial charge in [0.1, 0.15) is 6.29 Å². The normalized spacial score (nSPS) is 24.9. The minimum Gasteiger partial charge on any atom is -0.413 e. The Balaban J connectivity index is 3.18. The molecule has 1 fully saturated rings. The Labute approximate surface area is 163 Å². The zero-order chi connectivity index (χ0) is 20.9. The summed E-state index contributed by atoms with van der Waals surface area (Å²) >= 11 is 0. The van der Waals surface area contributed by atoms with E-state index in [4.69, 9.17) is 4.43 Å². The number of carbonyl (C=O) groups excluding carboxylic acids is 2. The lowest BCUT2D eigenvalue weighted by molar-refractivity contribution is -0.158. The van der Waals surface area contributed by atoms with Crippen LogP contribution in [0, 0.1) is 11.8 Å². The van der Waals surface area contributed by atoms with Crippen LogP contribution in [0.5, 0.6) is 0 Å². The van der Waals surface area contributed by atoms with Crippen LogP contribution in [0.2, 0.25) is 36.3 Å². The van der Waals surface area contributed by atoms with E-state index in [2.05, 4.69) is 72.3 Å².